The smallest absolute Gasteiger partial charge is 0.264 e. The number of piperazine rings is 1. The number of hydrogen-bond donors (Lipinski definition) is 0. The molecule has 0 aliphatic carbocycles. The molecule has 1 aliphatic rings. The summed E-state index contributed by atoms with van der Waals surface area (Å²) in [6.07, 6.45) is 0. The van der Waals surface area contributed by atoms with E-state index in [0.29, 0.717) is 18.1 Å². The molecule has 1 amide bonds. The first-order chi connectivity index (χ1) is 16.3. The second-order valence-corrected chi connectivity index (χ2v) is 10.7. The molecule has 1 saturated heterocycles. The molecule has 1 fully saturated rings. The number of sulfonamides is 1. The third-order valence-corrected chi connectivity index (χ3v) is 8.30. The van der Waals surface area contributed by atoms with Gasteiger partial charge < -0.3 is 4.90 Å². The SMILES string of the molecule is O=C(CN(c1ccc(Cl)c(Cl)c1)S(=O)(=O)c1ccccc1)N1CCN(Cc2ccccc2)CC1. The maximum Gasteiger partial charge on any atom is 0.264 e. The van der Waals surface area contributed by atoms with Gasteiger partial charge in [-0.1, -0.05) is 71.7 Å². The Morgan fingerprint density at radius 1 is 0.824 bits per heavy atom. The van der Waals surface area contributed by atoms with Gasteiger partial charge in [0.25, 0.3) is 10.0 Å². The van der Waals surface area contributed by atoms with Crippen molar-refractivity contribution in [1.82, 2.24) is 9.80 Å². The van der Waals surface area contributed by atoms with Crippen LogP contribution in [0.2, 0.25) is 10.0 Å². The van der Waals surface area contributed by atoms with Crippen molar-refractivity contribution in [3.63, 3.8) is 0 Å². The van der Waals surface area contributed by atoms with Gasteiger partial charge in [-0.15, -0.1) is 0 Å². The molecule has 0 aromatic heterocycles. The molecule has 0 N–H and O–H groups in total. The molecule has 6 nitrogen and oxygen atoms in total. The number of carbonyl (C=O) groups is 1. The number of carbonyl (C=O) groups excluding carboxylic acids is 1. The standard InChI is InChI=1S/C25H25Cl2N3O3S/c26-23-12-11-21(17-24(23)27)30(34(32,33)22-9-5-2-6-10-22)19-25(31)29-15-13-28(14-16-29)18-20-7-3-1-4-8-20/h1-12,17H,13-16,18-19H2. The van der Waals surface area contributed by atoms with Crippen LogP contribution in [-0.2, 0) is 21.4 Å². The van der Waals surface area contributed by atoms with Crippen LogP contribution in [0.5, 0.6) is 0 Å². The lowest BCUT2D eigenvalue weighted by molar-refractivity contribution is -0.131. The second-order valence-electron chi connectivity index (χ2n) is 8.07. The first-order valence-electron chi connectivity index (χ1n) is 10.9. The molecule has 0 radical (unpaired) electrons. The fourth-order valence-electron chi connectivity index (χ4n) is 3.89. The zero-order valence-electron chi connectivity index (χ0n) is 18.5. The van der Waals surface area contributed by atoms with Crippen molar-refractivity contribution in [2.75, 3.05) is 37.0 Å². The van der Waals surface area contributed by atoms with Crippen molar-refractivity contribution >= 4 is 44.8 Å². The first kappa shape index (κ1) is 24.5. The van der Waals surface area contributed by atoms with Crippen LogP contribution < -0.4 is 4.31 Å². The Balaban J connectivity index is 1.50. The minimum atomic E-state index is -4.00. The van der Waals surface area contributed by atoms with E-state index in [-0.39, 0.29) is 28.1 Å². The molecule has 3 aromatic rings. The minimum absolute atomic E-state index is 0.0987. The molecule has 0 saturated carbocycles. The van der Waals surface area contributed by atoms with Crippen molar-refractivity contribution in [2.24, 2.45) is 0 Å². The van der Waals surface area contributed by atoms with Crippen LogP contribution in [0.15, 0.2) is 83.8 Å². The lowest BCUT2D eigenvalue weighted by Crippen LogP contribution is -2.51. The Morgan fingerprint density at radius 2 is 1.44 bits per heavy atom. The van der Waals surface area contributed by atoms with Crippen LogP contribution in [0.1, 0.15) is 5.56 Å². The molecule has 1 heterocycles. The van der Waals surface area contributed by atoms with Gasteiger partial charge in [0.15, 0.2) is 0 Å². The van der Waals surface area contributed by atoms with Crippen molar-refractivity contribution in [3.05, 3.63) is 94.5 Å². The van der Waals surface area contributed by atoms with Crippen molar-refractivity contribution < 1.29 is 13.2 Å². The molecular formula is C25H25Cl2N3O3S. The Kier molecular flexibility index (Phi) is 7.78. The number of nitrogens with zero attached hydrogens (tertiary/aromatic N) is 3. The van der Waals surface area contributed by atoms with Crippen molar-refractivity contribution in [1.29, 1.82) is 0 Å². The summed E-state index contributed by atoms with van der Waals surface area (Å²) in [7, 11) is -4.00. The number of anilines is 1. The van der Waals surface area contributed by atoms with E-state index in [1.807, 2.05) is 18.2 Å². The molecule has 0 unspecified atom stereocenters. The summed E-state index contributed by atoms with van der Waals surface area (Å²) < 4.78 is 28.0. The van der Waals surface area contributed by atoms with E-state index in [2.05, 4.69) is 17.0 Å². The molecular weight excluding hydrogens is 493 g/mol. The molecule has 4 rings (SSSR count). The van der Waals surface area contributed by atoms with E-state index in [9.17, 15) is 13.2 Å². The number of amides is 1. The summed E-state index contributed by atoms with van der Waals surface area (Å²) in [6.45, 7) is 3.00. The predicted molar refractivity (Wildman–Crippen MR) is 136 cm³/mol. The van der Waals surface area contributed by atoms with E-state index < -0.39 is 10.0 Å². The van der Waals surface area contributed by atoms with Gasteiger partial charge >= 0.3 is 0 Å². The average molecular weight is 518 g/mol. The van der Waals surface area contributed by atoms with Gasteiger partial charge in [-0.25, -0.2) is 8.42 Å². The average Bonchev–Trinajstić information content (AvgIpc) is 2.86. The quantitative estimate of drug-likeness (QED) is 0.461. The first-order valence-corrected chi connectivity index (χ1v) is 13.1. The van der Waals surface area contributed by atoms with Crippen LogP contribution >= 0.6 is 23.2 Å². The maximum atomic E-state index is 13.5. The second kappa shape index (κ2) is 10.8. The van der Waals surface area contributed by atoms with E-state index >= 15 is 0 Å². The molecule has 178 valence electrons. The summed E-state index contributed by atoms with van der Waals surface area (Å²) in [5.74, 6) is -0.259. The van der Waals surface area contributed by atoms with Crippen molar-refractivity contribution in [3.8, 4) is 0 Å². The lowest BCUT2D eigenvalue weighted by Gasteiger charge is -2.36. The van der Waals surface area contributed by atoms with Crippen LogP contribution in [-0.4, -0.2) is 56.8 Å². The highest BCUT2D eigenvalue weighted by molar-refractivity contribution is 7.92. The molecule has 34 heavy (non-hydrogen) atoms. The van der Waals surface area contributed by atoms with Gasteiger partial charge in [0.05, 0.1) is 20.6 Å². The van der Waals surface area contributed by atoms with Crippen LogP contribution in [0.4, 0.5) is 5.69 Å². The molecule has 0 spiro atoms. The van der Waals surface area contributed by atoms with Gasteiger partial charge in [0.1, 0.15) is 6.54 Å². The summed E-state index contributed by atoms with van der Waals surface area (Å²) in [5, 5.41) is 0.526. The third-order valence-electron chi connectivity index (χ3n) is 5.78. The molecule has 0 atom stereocenters. The fraction of sp³-hybridized carbons (Fsp3) is 0.240. The number of hydrogen-bond acceptors (Lipinski definition) is 4. The van der Waals surface area contributed by atoms with E-state index in [4.69, 9.17) is 23.2 Å². The Bertz CT molecular complexity index is 1230. The molecule has 3 aromatic carbocycles. The monoisotopic (exact) mass is 517 g/mol. The highest BCUT2D eigenvalue weighted by atomic mass is 35.5. The van der Waals surface area contributed by atoms with Crippen LogP contribution in [0, 0.1) is 0 Å². The zero-order valence-corrected chi connectivity index (χ0v) is 20.8. The Morgan fingerprint density at radius 3 is 2.06 bits per heavy atom. The summed E-state index contributed by atoms with van der Waals surface area (Å²) in [6, 6.07) is 22.8. The topological polar surface area (TPSA) is 60.9 Å². The van der Waals surface area contributed by atoms with E-state index in [1.54, 1.807) is 29.2 Å². The fourth-order valence-corrected chi connectivity index (χ4v) is 5.61. The van der Waals surface area contributed by atoms with Gasteiger partial charge in [0.2, 0.25) is 5.91 Å². The van der Waals surface area contributed by atoms with E-state index in [1.165, 1.54) is 29.8 Å². The zero-order chi connectivity index (χ0) is 24.1. The van der Waals surface area contributed by atoms with E-state index in [0.717, 1.165) is 23.9 Å². The molecule has 9 heteroatoms. The Labute approximate surface area is 210 Å². The largest absolute Gasteiger partial charge is 0.339 e. The number of halogens is 2. The van der Waals surface area contributed by atoms with Gasteiger partial charge in [0, 0.05) is 32.7 Å². The maximum absolute atomic E-state index is 13.5. The number of rotatable bonds is 7. The summed E-state index contributed by atoms with van der Waals surface area (Å²) in [5.41, 5.74) is 1.51. The van der Waals surface area contributed by atoms with Gasteiger partial charge in [-0.2, -0.15) is 0 Å². The predicted octanol–water partition coefficient (Wildman–Crippen LogP) is 4.53. The summed E-state index contributed by atoms with van der Waals surface area (Å²) >= 11 is 12.2. The molecule has 0 bridgehead atoms. The minimum Gasteiger partial charge on any atom is -0.339 e. The van der Waals surface area contributed by atoms with Gasteiger partial charge in [-0.3, -0.25) is 14.0 Å². The lowest BCUT2D eigenvalue weighted by atomic mass is 10.2. The highest BCUT2D eigenvalue weighted by Gasteiger charge is 2.30. The third kappa shape index (κ3) is 5.73. The normalized spacial score (nSPS) is 14.7. The summed E-state index contributed by atoms with van der Waals surface area (Å²) in [4.78, 5) is 17.3. The molecule has 1 aliphatic heterocycles. The van der Waals surface area contributed by atoms with Crippen LogP contribution in [0.25, 0.3) is 0 Å². The van der Waals surface area contributed by atoms with Gasteiger partial charge in [-0.05, 0) is 35.9 Å². The highest BCUT2D eigenvalue weighted by Crippen LogP contribution is 2.30. The number of benzene rings is 3. The van der Waals surface area contributed by atoms with Crippen molar-refractivity contribution in [2.45, 2.75) is 11.4 Å². The van der Waals surface area contributed by atoms with Crippen LogP contribution in [0.3, 0.4) is 0 Å². The Hall–Kier alpha value is -2.58.